The van der Waals surface area contributed by atoms with E-state index < -0.39 is 18.2 Å². The van der Waals surface area contributed by atoms with Gasteiger partial charge in [0.25, 0.3) is 0 Å². The number of nitrogens with one attached hydrogen (secondary N) is 1. The molecule has 0 radical (unpaired) electrons. The third-order valence-corrected chi connectivity index (χ3v) is 8.15. The van der Waals surface area contributed by atoms with Crippen molar-refractivity contribution in [3.63, 3.8) is 0 Å². The lowest BCUT2D eigenvalue weighted by molar-refractivity contribution is -0.245. The first kappa shape index (κ1) is 31.2. The fourth-order valence-electron chi connectivity index (χ4n) is 4.62. The number of carboxylic acids is 2. The van der Waals surface area contributed by atoms with Crippen LogP contribution in [-0.2, 0) is 32.2 Å². The van der Waals surface area contributed by atoms with Crippen LogP contribution in [0.1, 0.15) is 77.1 Å². The van der Waals surface area contributed by atoms with Gasteiger partial charge in [-0.15, -0.1) is 11.8 Å². The highest BCUT2D eigenvalue weighted by Gasteiger charge is 2.32. The van der Waals surface area contributed by atoms with Crippen molar-refractivity contribution in [2.24, 2.45) is 0 Å². The predicted octanol–water partition coefficient (Wildman–Crippen LogP) is 5.48. The molecule has 3 aromatic rings. The number of unbranched alkanes of at least 4 members (excludes halogenated alkanes) is 1. The summed E-state index contributed by atoms with van der Waals surface area (Å²) in [6, 6.07) is 22.1. The molecular weight excluding hydrogens is 558 g/mol. The van der Waals surface area contributed by atoms with Crippen molar-refractivity contribution in [1.29, 1.82) is 0 Å². The Hall–Kier alpha value is -3.70. The predicted molar refractivity (Wildman–Crippen MR) is 157 cm³/mol. The molecule has 1 aliphatic rings. The summed E-state index contributed by atoms with van der Waals surface area (Å²) < 4.78 is 12.7. The number of thioether (sulfide) groups is 1. The number of rotatable bonds is 14. The number of hydrogen-bond acceptors (Lipinski definition) is 7. The number of carbonyl (C=O) groups is 3. The molecule has 0 spiro atoms. The standard InChI is InChI=1S/C32H35NO8S/c34-19-22-11-13-23(14-12-22)27-17-25(20-42-28-6-2-1-5-26(28)31(38)39)40-32(41-27)24-15-9-21(10-16-24)18-33-29(35)7-3-4-8-30(36)37/h1-2,5-6,9-16,25,27,32,34H,3-4,7-8,17-20H2,(H,33,35)(H,36,37)(H,38,39)/t25-,27+,32+/m0/s1. The Morgan fingerprint density at radius 3 is 2.19 bits per heavy atom. The van der Waals surface area contributed by atoms with Gasteiger partial charge in [0.1, 0.15) is 0 Å². The van der Waals surface area contributed by atoms with Crippen molar-refractivity contribution in [2.45, 2.75) is 68.6 Å². The summed E-state index contributed by atoms with van der Waals surface area (Å²) in [5, 5.41) is 30.6. The van der Waals surface area contributed by atoms with Crippen LogP contribution in [0.5, 0.6) is 0 Å². The Morgan fingerprint density at radius 1 is 0.833 bits per heavy atom. The van der Waals surface area contributed by atoms with E-state index in [-0.39, 0.29) is 43.1 Å². The fourth-order valence-corrected chi connectivity index (χ4v) is 5.68. The summed E-state index contributed by atoms with van der Waals surface area (Å²) in [7, 11) is 0. The maximum absolute atomic E-state index is 12.1. The highest BCUT2D eigenvalue weighted by molar-refractivity contribution is 7.99. The molecule has 222 valence electrons. The summed E-state index contributed by atoms with van der Waals surface area (Å²) in [5.41, 5.74) is 3.75. The molecule has 0 aliphatic carbocycles. The number of aliphatic hydroxyl groups excluding tert-OH is 1. The maximum atomic E-state index is 12.1. The minimum absolute atomic E-state index is 0.0443. The van der Waals surface area contributed by atoms with E-state index in [4.69, 9.17) is 14.6 Å². The summed E-state index contributed by atoms with van der Waals surface area (Å²) >= 11 is 1.44. The van der Waals surface area contributed by atoms with Gasteiger partial charge in [0.15, 0.2) is 6.29 Å². The monoisotopic (exact) mass is 593 g/mol. The Balaban J connectivity index is 1.41. The smallest absolute Gasteiger partial charge is 0.336 e. The highest BCUT2D eigenvalue weighted by atomic mass is 32.2. The van der Waals surface area contributed by atoms with Gasteiger partial charge in [-0.3, -0.25) is 9.59 Å². The summed E-state index contributed by atoms with van der Waals surface area (Å²) in [6.07, 6.45) is 0.772. The van der Waals surface area contributed by atoms with E-state index in [2.05, 4.69) is 5.32 Å². The topological polar surface area (TPSA) is 142 Å². The number of carbonyl (C=O) groups excluding carboxylic acids is 1. The Bertz CT molecular complexity index is 1350. The van der Waals surface area contributed by atoms with Crippen LogP contribution in [0.2, 0.25) is 0 Å². The van der Waals surface area contributed by atoms with Gasteiger partial charge in [0, 0.05) is 42.0 Å². The van der Waals surface area contributed by atoms with Crippen molar-refractivity contribution in [3.8, 4) is 0 Å². The molecule has 0 bridgehead atoms. The van der Waals surface area contributed by atoms with Crippen LogP contribution in [0, 0.1) is 0 Å². The van der Waals surface area contributed by atoms with E-state index in [1.165, 1.54) is 11.8 Å². The lowest BCUT2D eigenvalue weighted by Crippen LogP contribution is -2.31. The SMILES string of the molecule is O=C(O)CCCCC(=O)NCc1ccc([C@@H]2O[C@H](CSc3ccccc3C(=O)O)C[C@H](c3ccc(CO)cc3)O2)cc1. The molecule has 4 N–H and O–H groups in total. The fraction of sp³-hybridized carbons (Fsp3) is 0.344. The molecule has 0 unspecified atom stereocenters. The lowest BCUT2D eigenvalue weighted by atomic mass is 10.0. The van der Waals surface area contributed by atoms with Crippen LogP contribution in [-0.4, -0.2) is 45.0 Å². The zero-order valence-electron chi connectivity index (χ0n) is 23.1. The number of aliphatic hydroxyl groups is 1. The van der Waals surface area contributed by atoms with Crippen LogP contribution in [0.15, 0.2) is 77.7 Å². The molecule has 1 fully saturated rings. The summed E-state index contributed by atoms with van der Waals surface area (Å²) in [4.78, 5) is 35.0. The molecule has 0 saturated carbocycles. The number of aromatic carboxylic acids is 1. The second-order valence-corrected chi connectivity index (χ2v) is 11.1. The number of benzene rings is 3. The summed E-state index contributed by atoms with van der Waals surface area (Å²) in [6.45, 7) is 0.309. The maximum Gasteiger partial charge on any atom is 0.336 e. The normalized spacial score (nSPS) is 18.4. The van der Waals surface area contributed by atoms with Gasteiger partial charge < -0.3 is 30.1 Å². The average molecular weight is 594 g/mol. The largest absolute Gasteiger partial charge is 0.481 e. The Morgan fingerprint density at radius 2 is 1.50 bits per heavy atom. The minimum Gasteiger partial charge on any atom is -0.481 e. The zero-order chi connectivity index (χ0) is 29.9. The molecule has 42 heavy (non-hydrogen) atoms. The van der Waals surface area contributed by atoms with E-state index in [1.807, 2.05) is 54.6 Å². The van der Waals surface area contributed by atoms with Crippen LogP contribution >= 0.6 is 11.8 Å². The Labute approximate surface area is 248 Å². The minimum atomic E-state index is -0.972. The number of ether oxygens (including phenoxy) is 2. The molecule has 1 aliphatic heterocycles. The van der Waals surface area contributed by atoms with E-state index in [9.17, 15) is 24.6 Å². The quantitative estimate of drug-likeness (QED) is 0.141. The van der Waals surface area contributed by atoms with E-state index in [0.717, 1.165) is 22.3 Å². The van der Waals surface area contributed by atoms with E-state index >= 15 is 0 Å². The van der Waals surface area contributed by atoms with Crippen molar-refractivity contribution in [1.82, 2.24) is 5.32 Å². The van der Waals surface area contributed by atoms with Crippen molar-refractivity contribution < 1.29 is 39.2 Å². The Kier molecular flexibility index (Phi) is 11.5. The first-order valence-corrected chi connectivity index (χ1v) is 14.8. The van der Waals surface area contributed by atoms with Gasteiger partial charge >= 0.3 is 11.9 Å². The van der Waals surface area contributed by atoms with Crippen molar-refractivity contribution >= 4 is 29.6 Å². The van der Waals surface area contributed by atoms with Gasteiger partial charge in [0.05, 0.1) is 24.4 Å². The molecule has 10 heteroatoms. The average Bonchev–Trinajstić information content (AvgIpc) is 3.01. The molecule has 1 saturated heterocycles. The van der Waals surface area contributed by atoms with Gasteiger partial charge in [-0.05, 0) is 41.7 Å². The van der Waals surface area contributed by atoms with Crippen LogP contribution in [0.4, 0.5) is 0 Å². The second kappa shape index (κ2) is 15.5. The van der Waals surface area contributed by atoms with Gasteiger partial charge in [-0.1, -0.05) is 60.7 Å². The number of aliphatic carboxylic acids is 1. The van der Waals surface area contributed by atoms with Crippen LogP contribution in [0.3, 0.4) is 0 Å². The van der Waals surface area contributed by atoms with Crippen LogP contribution < -0.4 is 5.32 Å². The molecule has 3 aromatic carbocycles. The zero-order valence-corrected chi connectivity index (χ0v) is 23.9. The number of amides is 1. The molecule has 3 atom stereocenters. The van der Waals surface area contributed by atoms with Gasteiger partial charge in [0.2, 0.25) is 5.91 Å². The first-order valence-electron chi connectivity index (χ1n) is 13.9. The van der Waals surface area contributed by atoms with Crippen molar-refractivity contribution in [2.75, 3.05) is 5.75 Å². The molecule has 9 nitrogen and oxygen atoms in total. The van der Waals surface area contributed by atoms with Crippen molar-refractivity contribution in [3.05, 3.63) is 101 Å². The van der Waals surface area contributed by atoms with E-state index in [1.54, 1.807) is 18.2 Å². The summed E-state index contributed by atoms with van der Waals surface area (Å²) in [5.74, 6) is -1.42. The molecule has 1 heterocycles. The number of hydrogen-bond donors (Lipinski definition) is 4. The van der Waals surface area contributed by atoms with Gasteiger partial charge in [-0.25, -0.2) is 4.79 Å². The van der Waals surface area contributed by atoms with Crippen LogP contribution in [0.25, 0.3) is 0 Å². The molecule has 0 aromatic heterocycles. The third-order valence-electron chi connectivity index (χ3n) is 6.94. The lowest BCUT2D eigenvalue weighted by Gasteiger charge is -2.36. The molecule has 1 amide bonds. The molecule has 4 rings (SSSR count). The van der Waals surface area contributed by atoms with Gasteiger partial charge in [-0.2, -0.15) is 0 Å². The third kappa shape index (κ3) is 9.15. The number of carboxylic acid groups (broad SMARTS) is 2. The molecular formula is C32H35NO8S. The highest BCUT2D eigenvalue weighted by Crippen LogP contribution is 2.39. The first-order chi connectivity index (χ1) is 20.3. The second-order valence-electron chi connectivity index (χ2n) is 10.1. The van der Waals surface area contributed by atoms with E-state index in [0.29, 0.717) is 36.5 Å².